The van der Waals surface area contributed by atoms with Crippen LogP contribution in [0, 0.1) is 5.82 Å². The molecule has 206 valence electrons. The van der Waals surface area contributed by atoms with Gasteiger partial charge in [-0.15, -0.1) is 11.3 Å². The molecule has 1 aliphatic heterocycles. The predicted octanol–water partition coefficient (Wildman–Crippen LogP) is 7.62. The van der Waals surface area contributed by atoms with E-state index in [1.54, 1.807) is 37.7 Å². The van der Waals surface area contributed by atoms with Gasteiger partial charge in [0.1, 0.15) is 18.1 Å². The molecule has 3 aromatic carbocycles. The molecule has 4 aromatic rings. The third-order valence-electron chi connectivity index (χ3n) is 7.40. The van der Waals surface area contributed by atoms with Gasteiger partial charge < -0.3 is 19.1 Å². The van der Waals surface area contributed by atoms with E-state index in [0.29, 0.717) is 18.9 Å². The van der Waals surface area contributed by atoms with Crippen molar-refractivity contribution in [3.05, 3.63) is 72.0 Å². The zero-order valence-electron chi connectivity index (χ0n) is 23.0. The van der Waals surface area contributed by atoms with Gasteiger partial charge in [0.05, 0.1) is 14.2 Å². The molecule has 1 fully saturated rings. The van der Waals surface area contributed by atoms with Crippen LogP contribution in [0.3, 0.4) is 0 Å². The van der Waals surface area contributed by atoms with Crippen LogP contribution in [0.2, 0.25) is 0 Å². The van der Waals surface area contributed by atoms with E-state index in [-0.39, 0.29) is 5.82 Å². The zero-order valence-corrected chi connectivity index (χ0v) is 23.9. The Hall–Kier alpha value is -3.29. The molecular weight excluding hydrogens is 511 g/mol. The van der Waals surface area contributed by atoms with E-state index >= 15 is 4.39 Å². The summed E-state index contributed by atoms with van der Waals surface area (Å²) in [4.78, 5) is 5.82. The second kappa shape index (κ2) is 12.7. The van der Waals surface area contributed by atoms with Crippen molar-refractivity contribution >= 4 is 27.1 Å². The van der Waals surface area contributed by atoms with Gasteiger partial charge in [-0.05, 0) is 92.3 Å². The highest BCUT2D eigenvalue weighted by atomic mass is 32.1. The number of rotatable bonds is 11. The van der Waals surface area contributed by atoms with Gasteiger partial charge in [-0.25, -0.2) is 4.39 Å². The molecule has 0 bridgehead atoms. The van der Waals surface area contributed by atoms with Gasteiger partial charge in [-0.2, -0.15) is 0 Å². The van der Waals surface area contributed by atoms with Crippen LogP contribution in [-0.2, 0) is 6.54 Å². The van der Waals surface area contributed by atoms with Gasteiger partial charge in [0.25, 0.3) is 0 Å². The first-order valence-corrected chi connectivity index (χ1v) is 14.5. The molecule has 0 saturated carbocycles. The molecule has 5 nitrogen and oxygen atoms in total. The van der Waals surface area contributed by atoms with Crippen LogP contribution in [0.5, 0.6) is 17.2 Å². The maximum Gasteiger partial charge on any atom is 0.165 e. The van der Waals surface area contributed by atoms with Crippen LogP contribution in [0.4, 0.5) is 10.1 Å². The normalized spacial score (nSPS) is 13.9. The molecule has 5 rings (SSSR count). The quantitative estimate of drug-likeness (QED) is 0.193. The average Bonchev–Trinajstić information content (AvgIpc) is 3.40. The van der Waals surface area contributed by atoms with Gasteiger partial charge in [0, 0.05) is 46.5 Å². The van der Waals surface area contributed by atoms with E-state index in [4.69, 9.17) is 14.2 Å². The fraction of sp³-hybridized carbons (Fsp3) is 0.375. The lowest BCUT2D eigenvalue weighted by Crippen LogP contribution is -2.33. The highest BCUT2D eigenvalue weighted by Crippen LogP contribution is 2.41. The van der Waals surface area contributed by atoms with Crippen molar-refractivity contribution in [2.45, 2.75) is 32.7 Å². The molecule has 0 atom stereocenters. The molecule has 0 unspecified atom stereocenters. The standard InChI is InChI=1S/C32H37FN2O3S/c1-4-35(22-23-8-13-30(28(33)18-23)38-17-16-34-14-6-5-7-15-34)29-20-25(36-2)11-12-27(29)32-19-24-9-10-26(37-3)21-31(24)39-32/h8-13,18-21H,4-7,14-17,22H2,1-3H3. The van der Waals surface area contributed by atoms with Crippen LogP contribution < -0.4 is 19.1 Å². The van der Waals surface area contributed by atoms with E-state index in [1.807, 2.05) is 18.2 Å². The number of thiophene rings is 1. The highest BCUT2D eigenvalue weighted by Gasteiger charge is 2.17. The summed E-state index contributed by atoms with van der Waals surface area (Å²) >= 11 is 1.74. The summed E-state index contributed by atoms with van der Waals surface area (Å²) in [5, 5.41) is 1.18. The Morgan fingerprint density at radius 3 is 2.41 bits per heavy atom. The number of ether oxygens (including phenoxy) is 3. The summed E-state index contributed by atoms with van der Waals surface area (Å²) in [7, 11) is 3.37. The first kappa shape index (κ1) is 27.3. The van der Waals surface area contributed by atoms with Gasteiger partial charge in [-0.3, -0.25) is 4.90 Å². The number of methoxy groups -OCH3 is 2. The number of anilines is 1. The molecule has 39 heavy (non-hydrogen) atoms. The van der Waals surface area contributed by atoms with Crippen molar-refractivity contribution in [2.75, 3.05) is 51.9 Å². The predicted molar refractivity (Wildman–Crippen MR) is 159 cm³/mol. The van der Waals surface area contributed by atoms with E-state index in [1.165, 1.54) is 29.3 Å². The van der Waals surface area contributed by atoms with Crippen LogP contribution >= 0.6 is 11.3 Å². The van der Waals surface area contributed by atoms with E-state index in [2.05, 4.69) is 47.1 Å². The molecule has 2 heterocycles. The van der Waals surface area contributed by atoms with Crippen molar-refractivity contribution in [2.24, 2.45) is 0 Å². The number of hydrogen-bond donors (Lipinski definition) is 0. The molecule has 1 aliphatic rings. The number of fused-ring (bicyclic) bond motifs is 1. The van der Waals surface area contributed by atoms with Crippen LogP contribution in [0.15, 0.2) is 60.7 Å². The molecule has 0 N–H and O–H groups in total. The van der Waals surface area contributed by atoms with E-state index in [0.717, 1.165) is 59.4 Å². The first-order valence-electron chi connectivity index (χ1n) is 13.7. The average molecular weight is 549 g/mol. The van der Waals surface area contributed by atoms with Crippen molar-refractivity contribution < 1.29 is 18.6 Å². The number of likely N-dealkylation sites (tertiary alicyclic amines) is 1. The Morgan fingerprint density at radius 1 is 0.897 bits per heavy atom. The summed E-state index contributed by atoms with van der Waals surface area (Å²) in [6, 6.07) is 19.9. The number of benzene rings is 3. The minimum absolute atomic E-state index is 0.313. The van der Waals surface area contributed by atoms with Crippen LogP contribution in [0.1, 0.15) is 31.7 Å². The molecule has 0 aliphatic carbocycles. The smallest absolute Gasteiger partial charge is 0.165 e. The monoisotopic (exact) mass is 548 g/mol. The maximum atomic E-state index is 15.0. The summed E-state index contributed by atoms with van der Waals surface area (Å²) < 4.78 is 33.0. The Kier molecular flexibility index (Phi) is 8.89. The van der Waals surface area contributed by atoms with E-state index < -0.39 is 0 Å². The molecular formula is C32H37FN2O3S. The topological polar surface area (TPSA) is 34.2 Å². The third-order valence-corrected chi connectivity index (χ3v) is 8.53. The lowest BCUT2D eigenvalue weighted by atomic mass is 10.1. The fourth-order valence-corrected chi connectivity index (χ4v) is 6.32. The molecule has 0 spiro atoms. The van der Waals surface area contributed by atoms with Crippen molar-refractivity contribution in [3.8, 4) is 27.7 Å². The van der Waals surface area contributed by atoms with Crippen LogP contribution in [-0.4, -0.2) is 51.9 Å². The summed E-state index contributed by atoms with van der Waals surface area (Å²) in [5.74, 6) is 1.65. The Balaban J connectivity index is 1.35. The Bertz CT molecular complexity index is 1400. The zero-order chi connectivity index (χ0) is 27.2. The largest absolute Gasteiger partial charge is 0.497 e. The SMILES string of the molecule is CCN(Cc1ccc(OCCN2CCCCC2)c(F)c1)c1cc(OC)ccc1-c1cc2ccc(OC)cc2s1. The molecule has 0 amide bonds. The first-order chi connectivity index (χ1) is 19.1. The van der Waals surface area contributed by atoms with Crippen molar-refractivity contribution in [1.29, 1.82) is 0 Å². The van der Waals surface area contributed by atoms with Crippen molar-refractivity contribution in [3.63, 3.8) is 0 Å². The summed E-state index contributed by atoms with van der Waals surface area (Å²) in [5.41, 5.74) is 3.07. The minimum atomic E-state index is -0.313. The Morgan fingerprint density at radius 2 is 1.67 bits per heavy atom. The number of piperidine rings is 1. The maximum absolute atomic E-state index is 15.0. The summed E-state index contributed by atoms with van der Waals surface area (Å²) in [6.45, 7) is 7.01. The Labute approximate surface area is 234 Å². The molecule has 1 saturated heterocycles. The van der Waals surface area contributed by atoms with Crippen molar-refractivity contribution in [1.82, 2.24) is 4.90 Å². The second-order valence-electron chi connectivity index (χ2n) is 9.93. The van der Waals surface area contributed by atoms with Crippen LogP contribution in [0.25, 0.3) is 20.5 Å². The molecule has 7 heteroatoms. The molecule has 0 radical (unpaired) electrons. The van der Waals surface area contributed by atoms with Gasteiger partial charge >= 0.3 is 0 Å². The van der Waals surface area contributed by atoms with E-state index in [9.17, 15) is 0 Å². The lowest BCUT2D eigenvalue weighted by Gasteiger charge is -2.27. The molecule has 1 aromatic heterocycles. The third kappa shape index (κ3) is 6.48. The fourth-order valence-electron chi connectivity index (χ4n) is 5.19. The van der Waals surface area contributed by atoms with Gasteiger partial charge in [0.15, 0.2) is 11.6 Å². The van der Waals surface area contributed by atoms with Gasteiger partial charge in [0.2, 0.25) is 0 Å². The lowest BCUT2D eigenvalue weighted by molar-refractivity contribution is 0.180. The highest BCUT2D eigenvalue weighted by molar-refractivity contribution is 7.22. The second-order valence-corrected chi connectivity index (χ2v) is 11.0. The summed E-state index contributed by atoms with van der Waals surface area (Å²) in [6.07, 6.45) is 3.78. The number of nitrogens with zero attached hydrogens (tertiary/aromatic N) is 2. The van der Waals surface area contributed by atoms with Gasteiger partial charge in [-0.1, -0.05) is 12.5 Å². The number of hydrogen-bond acceptors (Lipinski definition) is 6. The number of halogens is 1. The minimum Gasteiger partial charge on any atom is -0.497 e.